The van der Waals surface area contributed by atoms with Gasteiger partial charge >= 0.3 is 0 Å². The number of nitrogens with zero attached hydrogens (tertiary/aromatic N) is 2. The lowest BCUT2D eigenvalue weighted by Crippen LogP contribution is -2.44. The topological polar surface area (TPSA) is 42.0 Å². The molecule has 0 spiro atoms. The first-order chi connectivity index (χ1) is 12.6. The van der Waals surface area contributed by atoms with Crippen LogP contribution in [0, 0.1) is 0 Å². The highest BCUT2D eigenvalue weighted by atomic mass is 16.6. The van der Waals surface area contributed by atoms with Gasteiger partial charge in [-0.2, -0.15) is 0 Å². The molecule has 0 fully saturated rings. The number of para-hydroxylation sites is 2. The number of hydrogen-bond acceptors (Lipinski definition) is 4. The predicted octanol–water partition coefficient (Wildman–Crippen LogP) is 3.44. The monoisotopic (exact) mass is 354 g/mol. The van der Waals surface area contributed by atoms with Crippen LogP contribution in [-0.4, -0.2) is 50.7 Å². The lowest BCUT2D eigenvalue weighted by Gasteiger charge is -2.31. The summed E-state index contributed by atoms with van der Waals surface area (Å²) in [6.07, 6.45) is 0.723. The summed E-state index contributed by atoms with van der Waals surface area (Å²) in [5.41, 5.74) is 1.71. The Morgan fingerprint density at radius 3 is 2.62 bits per heavy atom. The summed E-state index contributed by atoms with van der Waals surface area (Å²) in [6, 6.07) is 15.4. The largest absolute Gasteiger partial charge is 0.486 e. The summed E-state index contributed by atoms with van der Waals surface area (Å²) in [7, 11) is 3.94. The second kappa shape index (κ2) is 8.13. The molecule has 0 aliphatic carbocycles. The molecule has 3 rings (SSSR count). The van der Waals surface area contributed by atoms with Gasteiger partial charge < -0.3 is 19.3 Å². The normalized spacial score (nSPS) is 15.4. The fourth-order valence-electron chi connectivity index (χ4n) is 3.04. The molecule has 138 valence electrons. The van der Waals surface area contributed by atoms with Crippen molar-refractivity contribution in [3.8, 4) is 11.5 Å². The Morgan fingerprint density at radius 1 is 1.12 bits per heavy atom. The molecular formula is C21H26N2O3. The van der Waals surface area contributed by atoms with E-state index < -0.39 is 0 Å². The van der Waals surface area contributed by atoms with Crippen molar-refractivity contribution in [2.45, 2.75) is 19.4 Å². The zero-order valence-electron chi connectivity index (χ0n) is 15.6. The molecule has 1 aliphatic rings. The van der Waals surface area contributed by atoms with Gasteiger partial charge in [0.15, 0.2) is 17.6 Å². The molecule has 0 bridgehead atoms. The van der Waals surface area contributed by atoms with Gasteiger partial charge in [0, 0.05) is 31.9 Å². The number of carbonyl (C=O) groups is 1. The van der Waals surface area contributed by atoms with E-state index in [2.05, 4.69) is 6.92 Å². The van der Waals surface area contributed by atoms with Crippen molar-refractivity contribution in [3.63, 3.8) is 0 Å². The van der Waals surface area contributed by atoms with Crippen LogP contribution in [0.4, 0.5) is 5.69 Å². The molecule has 0 radical (unpaired) electrons. The van der Waals surface area contributed by atoms with Gasteiger partial charge in [-0.1, -0.05) is 25.1 Å². The van der Waals surface area contributed by atoms with E-state index in [-0.39, 0.29) is 12.0 Å². The first-order valence-electron chi connectivity index (χ1n) is 9.03. The van der Waals surface area contributed by atoms with Crippen LogP contribution in [0.5, 0.6) is 11.5 Å². The van der Waals surface area contributed by atoms with Gasteiger partial charge in [-0.15, -0.1) is 0 Å². The standard InChI is InChI=1S/C21H26N2O3/c1-4-12-23(21(24)16-8-7-9-17(13-16)22(2)3)14-18-15-25-19-10-5-6-11-20(19)26-18/h5-11,13,18H,4,12,14-15H2,1-3H3/t18-/m1/s1. The number of rotatable bonds is 6. The first kappa shape index (κ1) is 18.1. The van der Waals surface area contributed by atoms with Gasteiger partial charge in [0.1, 0.15) is 6.61 Å². The number of ether oxygens (including phenoxy) is 2. The molecule has 2 aromatic rings. The molecule has 2 aromatic carbocycles. The van der Waals surface area contributed by atoms with E-state index in [4.69, 9.17) is 9.47 Å². The third-order valence-electron chi connectivity index (χ3n) is 4.38. The van der Waals surface area contributed by atoms with E-state index in [9.17, 15) is 4.79 Å². The predicted molar refractivity (Wildman–Crippen MR) is 103 cm³/mol. The third kappa shape index (κ3) is 4.10. The highest BCUT2D eigenvalue weighted by Gasteiger charge is 2.25. The van der Waals surface area contributed by atoms with Gasteiger partial charge in [0.2, 0.25) is 0 Å². The van der Waals surface area contributed by atoms with Crippen molar-refractivity contribution in [2.24, 2.45) is 0 Å². The summed E-state index contributed by atoms with van der Waals surface area (Å²) in [5, 5.41) is 0. The fraction of sp³-hybridized carbons (Fsp3) is 0.381. The van der Waals surface area contributed by atoms with Crippen molar-refractivity contribution >= 4 is 11.6 Å². The smallest absolute Gasteiger partial charge is 0.254 e. The van der Waals surface area contributed by atoms with Crippen molar-refractivity contribution in [2.75, 3.05) is 38.7 Å². The van der Waals surface area contributed by atoms with E-state index in [0.717, 1.165) is 23.6 Å². The van der Waals surface area contributed by atoms with Crippen molar-refractivity contribution in [3.05, 3.63) is 54.1 Å². The zero-order chi connectivity index (χ0) is 18.5. The van der Waals surface area contributed by atoms with E-state index in [1.165, 1.54) is 0 Å². The fourth-order valence-corrected chi connectivity index (χ4v) is 3.04. The molecular weight excluding hydrogens is 328 g/mol. The number of anilines is 1. The van der Waals surface area contributed by atoms with Crippen LogP contribution < -0.4 is 14.4 Å². The number of carbonyl (C=O) groups excluding carboxylic acids is 1. The number of amides is 1. The second-order valence-corrected chi connectivity index (χ2v) is 6.69. The molecule has 5 nitrogen and oxygen atoms in total. The summed E-state index contributed by atoms with van der Waals surface area (Å²) in [5.74, 6) is 1.52. The molecule has 0 aromatic heterocycles. The molecule has 0 saturated carbocycles. The van der Waals surface area contributed by atoms with Crippen LogP contribution in [0.3, 0.4) is 0 Å². The first-order valence-corrected chi connectivity index (χ1v) is 9.03. The van der Waals surface area contributed by atoms with Gasteiger partial charge in [0.05, 0.1) is 6.54 Å². The van der Waals surface area contributed by atoms with Crippen molar-refractivity contribution in [1.82, 2.24) is 4.90 Å². The van der Waals surface area contributed by atoms with Gasteiger partial charge in [-0.25, -0.2) is 0 Å². The average molecular weight is 354 g/mol. The molecule has 0 saturated heterocycles. The summed E-state index contributed by atoms with van der Waals surface area (Å²) in [6.45, 7) is 3.71. The number of fused-ring (bicyclic) bond motifs is 1. The maximum absolute atomic E-state index is 13.0. The van der Waals surface area contributed by atoms with Crippen LogP contribution in [0.25, 0.3) is 0 Å². The Hall–Kier alpha value is -2.69. The Bertz CT molecular complexity index is 760. The Kier molecular flexibility index (Phi) is 5.66. The lowest BCUT2D eigenvalue weighted by atomic mass is 10.1. The van der Waals surface area contributed by atoms with Crippen LogP contribution >= 0.6 is 0 Å². The maximum atomic E-state index is 13.0. The highest BCUT2D eigenvalue weighted by molar-refractivity contribution is 5.95. The minimum absolute atomic E-state index is 0.0259. The number of hydrogen-bond donors (Lipinski definition) is 0. The Morgan fingerprint density at radius 2 is 1.88 bits per heavy atom. The van der Waals surface area contributed by atoms with Crippen molar-refractivity contribution in [1.29, 1.82) is 0 Å². The molecule has 5 heteroatoms. The minimum atomic E-state index is -0.169. The Labute approximate surface area is 155 Å². The van der Waals surface area contributed by atoms with E-state index >= 15 is 0 Å². The second-order valence-electron chi connectivity index (χ2n) is 6.69. The molecule has 1 aliphatic heterocycles. The van der Waals surface area contributed by atoms with Crippen LogP contribution in [0.15, 0.2) is 48.5 Å². The quantitative estimate of drug-likeness (QED) is 0.797. The van der Waals surface area contributed by atoms with Crippen LogP contribution in [-0.2, 0) is 0 Å². The van der Waals surface area contributed by atoms with Crippen LogP contribution in [0.2, 0.25) is 0 Å². The van der Waals surface area contributed by atoms with Gasteiger partial charge in [0.25, 0.3) is 5.91 Å². The van der Waals surface area contributed by atoms with Crippen molar-refractivity contribution < 1.29 is 14.3 Å². The lowest BCUT2D eigenvalue weighted by molar-refractivity contribution is 0.0462. The molecule has 1 heterocycles. The highest BCUT2D eigenvalue weighted by Crippen LogP contribution is 2.31. The third-order valence-corrected chi connectivity index (χ3v) is 4.38. The molecule has 1 atom stereocenters. The molecule has 26 heavy (non-hydrogen) atoms. The SMILES string of the molecule is CCCN(C[C@@H]1COc2ccccc2O1)C(=O)c1cccc(N(C)C)c1. The minimum Gasteiger partial charge on any atom is -0.486 e. The zero-order valence-corrected chi connectivity index (χ0v) is 15.6. The maximum Gasteiger partial charge on any atom is 0.254 e. The molecule has 1 amide bonds. The summed E-state index contributed by atoms with van der Waals surface area (Å²) >= 11 is 0. The van der Waals surface area contributed by atoms with E-state index in [1.807, 2.05) is 72.4 Å². The van der Waals surface area contributed by atoms with Gasteiger partial charge in [-0.05, 0) is 36.8 Å². The molecule has 0 N–H and O–H groups in total. The summed E-state index contributed by atoms with van der Waals surface area (Å²) < 4.78 is 11.8. The van der Waals surface area contributed by atoms with Gasteiger partial charge in [-0.3, -0.25) is 4.79 Å². The Balaban J connectivity index is 1.73. The van der Waals surface area contributed by atoms with Crippen LogP contribution in [0.1, 0.15) is 23.7 Å². The number of benzene rings is 2. The van der Waals surface area contributed by atoms with E-state index in [1.54, 1.807) is 0 Å². The summed E-state index contributed by atoms with van der Waals surface area (Å²) in [4.78, 5) is 16.9. The van der Waals surface area contributed by atoms with E-state index in [0.29, 0.717) is 25.3 Å². The average Bonchev–Trinajstić information content (AvgIpc) is 2.67. The molecule has 0 unspecified atom stereocenters.